The Morgan fingerprint density at radius 3 is 2.44 bits per heavy atom. The lowest BCUT2D eigenvalue weighted by atomic mass is 10.1. The summed E-state index contributed by atoms with van der Waals surface area (Å²) in [5.41, 5.74) is 0.848. The second-order valence-electron chi connectivity index (χ2n) is 5.98. The molecule has 0 bridgehead atoms. The van der Waals surface area contributed by atoms with Gasteiger partial charge in [0, 0.05) is 12.7 Å². The summed E-state index contributed by atoms with van der Waals surface area (Å²) in [6.07, 6.45) is 3.21. The Balaban J connectivity index is 1.69. The second-order valence-corrected chi connectivity index (χ2v) is 5.98. The summed E-state index contributed by atoms with van der Waals surface area (Å²) in [6, 6.07) is 7.36. The maximum absolute atomic E-state index is 13.2. The van der Waals surface area contributed by atoms with Gasteiger partial charge in [-0.3, -0.25) is 9.69 Å². The predicted octanol–water partition coefficient (Wildman–Crippen LogP) is 2.98. The van der Waals surface area contributed by atoms with E-state index in [1.807, 2.05) is 0 Å². The molecule has 1 aromatic carbocycles. The summed E-state index contributed by atoms with van der Waals surface area (Å²) in [7, 11) is 0. The van der Waals surface area contributed by atoms with E-state index in [0.717, 1.165) is 37.7 Å². The third kappa shape index (κ3) is 4.19. The highest BCUT2D eigenvalue weighted by molar-refractivity contribution is 5.92. The topological polar surface area (TPSA) is 50.2 Å². The average molecular weight is 352 g/mol. The predicted molar refractivity (Wildman–Crippen MR) is 85.8 cm³/mol. The molecular weight excluding hydrogens is 333 g/mol. The van der Waals surface area contributed by atoms with Gasteiger partial charge in [0.05, 0.1) is 6.04 Å². The molecule has 0 radical (unpaired) electrons. The van der Waals surface area contributed by atoms with Gasteiger partial charge in [0.25, 0.3) is 5.91 Å². The van der Waals surface area contributed by atoms with Crippen molar-refractivity contribution in [1.29, 1.82) is 0 Å². The molecule has 5 nitrogen and oxygen atoms in total. The lowest BCUT2D eigenvalue weighted by molar-refractivity contribution is 0.0559. The number of benzene rings is 1. The molecule has 1 saturated heterocycles. The maximum Gasteiger partial charge on any atom is 0.333 e. The van der Waals surface area contributed by atoms with E-state index in [9.17, 15) is 18.0 Å². The summed E-state index contributed by atoms with van der Waals surface area (Å²) in [4.78, 5) is 14.4. The molecule has 0 unspecified atom stereocenters. The molecule has 8 heteroatoms. The van der Waals surface area contributed by atoms with E-state index in [1.54, 1.807) is 12.1 Å². The van der Waals surface area contributed by atoms with Crippen LogP contribution in [0.1, 0.15) is 41.5 Å². The number of aromatic nitrogens is 2. The van der Waals surface area contributed by atoms with Crippen molar-refractivity contribution < 1.29 is 18.0 Å². The molecule has 1 fully saturated rings. The normalized spacial score (nSPS) is 16.3. The fourth-order valence-electron chi connectivity index (χ4n) is 3.04. The SMILES string of the molecule is O=C(NC[C@H](c1ccc(F)cc1)N1CCCC1)c1ccn(C(F)F)n1. The van der Waals surface area contributed by atoms with Crippen molar-refractivity contribution in [2.75, 3.05) is 19.6 Å². The first-order valence-electron chi connectivity index (χ1n) is 8.15. The molecule has 0 spiro atoms. The lowest BCUT2D eigenvalue weighted by Gasteiger charge is -2.28. The number of carbonyl (C=O) groups is 1. The molecule has 0 aliphatic carbocycles. The van der Waals surface area contributed by atoms with Crippen molar-refractivity contribution in [3.8, 4) is 0 Å². The van der Waals surface area contributed by atoms with Crippen LogP contribution in [0.25, 0.3) is 0 Å². The molecule has 1 atom stereocenters. The zero-order valence-corrected chi connectivity index (χ0v) is 13.5. The molecule has 25 heavy (non-hydrogen) atoms. The Hall–Kier alpha value is -2.35. The minimum atomic E-state index is -2.78. The smallest absolute Gasteiger partial charge is 0.333 e. The quantitative estimate of drug-likeness (QED) is 0.870. The van der Waals surface area contributed by atoms with Crippen molar-refractivity contribution in [3.05, 3.63) is 53.6 Å². The van der Waals surface area contributed by atoms with E-state index in [2.05, 4.69) is 15.3 Å². The highest BCUT2D eigenvalue weighted by Gasteiger charge is 2.24. The summed E-state index contributed by atoms with van der Waals surface area (Å²) < 4.78 is 38.7. The van der Waals surface area contributed by atoms with Crippen LogP contribution in [0.15, 0.2) is 36.5 Å². The molecule has 3 rings (SSSR count). The van der Waals surface area contributed by atoms with Gasteiger partial charge in [-0.2, -0.15) is 13.9 Å². The van der Waals surface area contributed by atoms with Crippen LogP contribution >= 0.6 is 0 Å². The number of hydrogen-bond acceptors (Lipinski definition) is 3. The van der Waals surface area contributed by atoms with E-state index in [1.165, 1.54) is 18.2 Å². The number of rotatable bonds is 6. The largest absolute Gasteiger partial charge is 0.349 e. The Kier molecular flexibility index (Phi) is 5.37. The lowest BCUT2D eigenvalue weighted by Crippen LogP contribution is -2.37. The van der Waals surface area contributed by atoms with E-state index in [4.69, 9.17) is 0 Å². The zero-order chi connectivity index (χ0) is 17.8. The summed E-state index contributed by atoms with van der Waals surface area (Å²) in [5, 5.41) is 6.31. The van der Waals surface area contributed by atoms with Crippen molar-refractivity contribution >= 4 is 5.91 Å². The number of amides is 1. The van der Waals surface area contributed by atoms with E-state index < -0.39 is 12.5 Å². The van der Waals surface area contributed by atoms with Crippen molar-refractivity contribution in [2.24, 2.45) is 0 Å². The fourth-order valence-corrected chi connectivity index (χ4v) is 3.04. The second kappa shape index (κ2) is 7.69. The number of hydrogen-bond donors (Lipinski definition) is 1. The van der Waals surface area contributed by atoms with Gasteiger partial charge < -0.3 is 5.32 Å². The van der Waals surface area contributed by atoms with Gasteiger partial charge in [-0.25, -0.2) is 9.07 Å². The van der Waals surface area contributed by atoms with Crippen molar-refractivity contribution in [3.63, 3.8) is 0 Å². The highest BCUT2D eigenvalue weighted by Crippen LogP contribution is 2.25. The fraction of sp³-hybridized carbons (Fsp3) is 0.412. The number of nitrogens with one attached hydrogen (secondary N) is 1. The number of nitrogens with zero attached hydrogens (tertiary/aromatic N) is 3. The molecule has 1 aromatic heterocycles. The standard InChI is InChI=1S/C17H19F3N4O/c18-13-5-3-12(4-6-13)15(23-8-1-2-9-23)11-21-16(25)14-7-10-24(22-14)17(19)20/h3-7,10,15,17H,1-2,8-9,11H2,(H,21,25)/t15-/m1/s1. The number of carbonyl (C=O) groups excluding carboxylic acids is 1. The van der Waals surface area contributed by atoms with Crippen molar-refractivity contribution in [2.45, 2.75) is 25.4 Å². The first-order valence-corrected chi connectivity index (χ1v) is 8.15. The first-order chi connectivity index (χ1) is 12.0. The van der Waals surface area contributed by atoms with Crippen LogP contribution in [-0.2, 0) is 0 Å². The van der Waals surface area contributed by atoms with E-state index in [0.29, 0.717) is 11.2 Å². The van der Waals surface area contributed by atoms with Gasteiger partial charge in [-0.15, -0.1) is 0 Å². The summed E-state index contributed by atoms with van der Waals surface area (Å²) in [5.74, 6) is -0.823. The minimum Gasteiger partial charge on any atom is -0.349 e. The van der Waals surface area contributed by atoms with Gasteiger partial charge in [-0.05, 0) is 49.7 Å². The van der Waals surface area contributed by atoms with E-state index >= 15 is 0 Å². The molecule has 2 heterocycles. The molecule has 134 valence electrons. The monoisotopic (exact) mass is 352 g/mol. The number of alkyl halides is 2. The first kappa shape index (κ1) is 17.5. The van der Waals surface area contributed by atoms with Crippen LogP contribution in [0.2, 0.25) is 0 Å². The van der Waals surface area contributed by atoms with Gasteiger partial charge in [-0.1, -0.05) is 12.1 Å². The number of halogens is 3. The van der Waals surface area contributed by atoms with Crippen molar-refractivity contribution in [1.82, 2.24) is 20.0 Å². The Bertz CT molecular complexity index is 711. The third-order valence-corrected chi connectivity index (χ3v) is 4.33. The van der Waals surface area contributed by atoms with Gasteiger partial charge in [0.2, 0.25) is 0 Å². The highest BCUT2D eigenvalue weighted by atomic mass is 19.3. The maximum atomic E-state index is 13.2. The molecule has 1 N–H and O–H groups in total. The zero-order valence-electron chi connectivity index (χ0n) is 13.5. The molecule has 1 aliphatic heterocycles. The van der Waals surface area contributed by atoms with Crippen LogP contribution < -0.4 is 5.32 Å². The van der Waals surface area contributed by atoms with Crippen LogP contribution in [-0.4, -0.2) is 40.2 Å². The molecule has 1 amide bonds. The average Bonchev–Trinajstić information content (AvgIpc) is 3.28. The van der Waals surface area contributed by atoms with E-state index in [-0.39, 0.29) is 17.6 Å². The van der Waals surface area contributed by atoms with Crippen LogP contribution in [0.4, 0.5) is 13.2 Å². The molecule has 2 aromatic rings. The van der Waals surface area contributed by atoms with Gasteiger partial charge >= 0.3 is 6.55 Å². The Labute approximate surface area is 143 Å². The minimum absolute atomic E-state index is 0.0559. The van der Waals surface area contributed by atoms with Crippen LogP contribution in [0.3, 0.4) is 0 Å². The summed E-state index contributed by atoms with van der Waals surface area (Å²) >= 11 is 0. The van der Waals surface area contributed by atoms with Gasteiger partial charge in [0.15, 0.2) is 0 Å². The molecular formula is C17H19F3N4O. The molecule has 0 saturated carbocycles. The summed E-state index contributed by atoms with van der Waals surface area (Å²) in [6.45, 7) is -0.680. The van der Waals surface area contributed by atoms with Crippen LogP contribution in [0.5, 0.6) is 0 Å². The Morgan fingerprint density at radius 1 is 1.16 bits per heavy atom. The Morgan fingerprint density at radius 2 is 1.84 bits per heavy atom. The van der Waals surface area contributed by atoms with Crippen LogP contribution in [0, 0.1) is 5.82 Å². The van der Waals surface area contributed by atoms with Gasteiger partial charge in [0.1, 0.15) is 11.5 Å². The third-order valence-electron chi connectivity index (χ3n) is 4.33. The molecule has 1 aliphatic rings. The number of likely N-dealkylation sites (tertiary alicyclic amines) is 1.